The highest BCUT2D eigenvalue weighted by Gasteiger charge is 2.53. The van der Waals surface area contributed by atoms with E-state index in [4.69, 9.17) is 0 Å². The second kappa shape index (κ2) is 5.35. The van der Waals surface area contributed by atoms with E-state index in [-0.39, 0.29) is 36.3 Å². The number of carbonyl (C=O) groups is 1. The molecule has 4 nitrogen and oxygen atoms in total. The number of amides is 1. The average molecular weight is 312 g/mol. The molecule has 2 heterocycles. The van der Waals surface area contributed by atoms with Gasteiger partial charge in [0.2, 0.25) is 0 Å². The van der Waals surface area contributed by atoms with Gasteiger partial charge in [-0.25, -0.2) is 4.39 Å². The van der Waals surface area contributed by atoms with Crippen LogP contribution in [0.3, 0.4) is 0 Å². The Hall–Kier alpha value is -2.40. The molecule has 23 heavy (non-hydrogen) atoms. The Morgan fingerprint density at radius 3 is 2.70 bits per heavy atom. The molecule has 1 fully saturated rings. The highest BCUT2D eigenvalue weighted by atomic mass is 19.1. The predicted molar refractivity (Wildman–Crippen MR) is 84.9 cm³/mol. The first-order chi connectivity index (χ1) is 11.2. The SMILES string of the molecule is O=C(c1ccc(F)cc1)N1[C@H](CO)[C@@H]2c3ccccc3NC[C@@H]21. The third-order valence-electron chi connectivity index (χ3n) is 4.88. The van der Waals surface area contributed by atoms with Crippen LogP contribution in [0.5, 0.6) is 0 Å². The van der Waals surface area contributed by atoms with Crippen LogP contribution in [0.1, 0.15) is 21.8 Å². The van der Waals surface area contributed by atoms with E-state index in [9.17, 15) is 14.3 Å². The van der Waals surface area contributed by atoms with Gasteiger partial charge in [-0.1, -0.05) is 18.2 Å². The van der Waals surface area contributed by atoms with Crippen LogP contribution >= 0.6 is 0 Å². The first-order valence-electron chi connectivity index (χ1n) is 7.72. The predicted octanol–water partition coefficient (Wildman–Crippen LogP) is 2.22. The first kappa shape index (κ1) is 14.2. The number of aliphatic hydroxyl groups excluding tert-OH is 1. The zero-order chi connectivity index (χ0) is 16.0. The molecule has 2 aromatic rings. The normalized spacial score (nSPS) is 25.0. The number of fused-ring (bicyclic) bond motifs is 3. The maximum atomic E-state index is 13.0. The summed E-state index contributed by atoms with van der Waals surface area (Å²) in [6, 6.07) is 13.3. The lowest BCUT2D eigenvalue weighted by Crippen LogP contribution is -2.69. The van der Waals surface area contributed by atoms with Crippen molar-refractivity contribution in [2.75, 3.05) is 18.5 Å². The van der Waals surface area contributed by atoms with Crippen molar-refractivity contribution in [2.24, 2.45) is 0 Å². The van der Waals surface area contributed by atoms with Crippen molar-refractivity contribution in [3.8, 4) is 0 Å². The number of aliphatic hydroxyl groups is 1. The molecule has 2 aliphatic heterocycles. The van der Waals surface area contributed by atoms with Gasteiger partial charge in [0.1, 0.15) is 5.82 Å². The van der Waals surface area contributed by atoms with Crippen molar-refractivity contribution in [3.63, 3.8) is 0 Å². The maximum Gasteiger partial charge on any atom is 0.254 e. The number of rotatable bonds is 2. The van der Waals surface area contributed by atoms with Gasteiger partial charge in [-0.15, -0.1) is 0 Å². The fourth-order valence-electron chi connectivity index (χ4n) is 3.79. The van der Waals surface area contributed by atoms with E-state index in [1.54, 1.807) is 4.90 Å². The Labute approximate surface area is 133 Å². The molecule has 2 aromatic carbocycles. The zero-order valence-corrected chi connectivity index (χ0v) is 12.4. The highest BCUT2D eigenvalue weighted by molar-refractivity contribution is 5.95. The minimum Gasteiger partial charge on any atom is -0.394 e. The van der Waals surface area contributed by atoms with Gasteiger partial charge in [0.15, 0.2) is 0 Å². The number of nitrogens with zero attached hydrogens (tertiary/aromatic N) is 1. The first-order valence-corrected chi connectivity index (χ1v) is 7.72. The van der Waals surface area contributed by atoms with Crippen LogP contribution in [0, 0.1) is 5.82 Å². The molecule has 5 heteroatoms. The molecule has 0 aromatic heterocycles. The van der Waals surface area contributed by atoms with Gasteiger partial charge < -0.3 is 15.3 Å². The number of carbonyl (C=O) groups excluding carboxylic acids is 1. The monoisotopic (exact) mass is 312 g/mol. The molecule has 0 aliphatic carbocycles. The summed E-state index contributed by atoms with van der Waals surface area (Å²) in [4.78, 5) is 14.5. The van der Waals surface area contributed by atoms with Crippen LogP contribution in [0.15, 0.2) is 48.5 Å². The van der Waals surface area contributed by atoms with Crippen molar-refractivity contribution in [3.05, 3.63) is 65.5 Å². The molecular weight excluding hydrogens is 295 g/mol. The number of anilines is 1. The molecule has 0 saturated carbocycles. The van der Waals surface area contributed by atoms with E-state index in [1.165, 1.54) is 24.3 Å². The van der Waals surface area contributed by atoms with Crippen LogP contribution in [0.2, 0.25) is 0 Å². The van der Waals surface area contributed by atoms with Gasteiger partial charge in [0.25, 0.3) is 5.91 Å². The minimum atomic E-state index is -0.366. The molecule has 1 amide bonds. The van der Waals surface area contributed by atoms with E-state index < -0.39 is 0 Å². The number of benzene rings is 2. The number of halogens is 1. The number of para-hydroxylation sites is 1. The number of hydrogen-bond acceptors (Lipinski definition) is 3. The Kier molecular flexibility index (Phi) is 3.31. The van der Waals surface area contributed by atoms with Crippen LogP contribution in [-0.2, 0) is 0 Å². The van der Waals surface area contributed by atoms with Crippen molar-refractivity contribution in [2.45, 2.75) is 18.0 Å². The smallest absolute Gasteiger partial charge is 0.254 e. The second-order valence-corrected chi connectivity index (χ2v) is 6.03. The number of nitrogens with one attached hydrogen (secondary N) is 1. The van der Waals surface area contributed by atoms with Crippen LogP contribution in [-0.4, -0.2) is 41.1 Å². The fourth-order valence-corrected chi connectivity index (χ4v) is 3.79. The van der Waals surface area contributed by atoms with Crippen LogP contribution in [0.25, 0.3) is 0 Å². The van der Waals surface area contributed by atoms with Gasteiger partial charge in [-0.05, 0) is 35.9 Å². The molecule has 0 radical (unpaired) electrons. The quantitative estimate of drug-likeness (QED) is 0.894. The van der Waals surface area contributed by atoms with Gasteiger partial charge in [0.05, 0.1) is 18.7 Å². The third kappa shape index (κ3) is 2.11. The van der Waals surface area contributed by atoms with E-state index in [0.717, 1.165) is 11.3 Å². The largest absolute Gasteiger partial charge is 0.394 e. The van der Waals surface area contributed by atoms with Crippen LogP contribution in [0.4, 0.5) is 10.1 Å². The Bertz CT molecular complexity index is 747. The van der Waals surface area contributed by atoms with Crippen molar-refractivity contribution in [1.29, 1.82) is 0 Å². The van der Waals surface area contributed by atoms with Crippen molar-refractivity contribution >= 4 is 11.6 Å². The average Bonchev–Trinajstić information content (AvgIpc) is 2.56. The molecule has 3 atom stereocenters. The fraction of sp³-hybridized carbons (Fsp3) is 0.278. The van der Waals surface area contributed by atoms with E-state index >= 15 is 0 Å². The van der Waals surface area contributed by atoms with Gasteiger partial charge in [-0.2, -0.15) is 0 Å². The van der Waals surface area contributed by atoms with Gasteiger partial charge >= 0.3 is 0 Å². The standard InChI is InChI=1S/C18H17FN2O2/c19-12-7-5-11(6-8-12)18(23)21-15-9-20-14-4-2-1-3-13(14)17(15)16(21)10-22/h1-8,15-17,20,22H,9-10H2/t15-,16+,17+/m0/s1. The van der Waals surface area contributed by atoms with E-state index in [0.29, 0.717) is 12.1 Å². The lowest BCUT2D eigenvalue weighted by Gasteiger charge is -2.57. The number of likely N-dealkylation sites (tertiary alicyclic amines) is 1. The Morgan fingerprint density at radius 2 is 1.96 bits per heavy atom. The summed E-state index contributed by atoms with van der Waals surface area (Å²) in [5.74, 6) is -0.386. The molecule has 0 unspecified atom stereocenters. The molecule has 0 bridgehead atoms. The number of hydrogen-bond donors (Lipinski definition) is 2. The summed E-state index contributed by atoms with van der Waals surface area (Å²) in [6.07, 6.45) is 0. The zero-order valence-electron chi connectivity index (χ0n) is 12.4. The molecule has 2 N–H and O–H groups in total. The van der Waals surface area contributed by atoms with Gasteiger partial charge in [0, 0.05) is 23.7 Å². The summed E-state index contributed by atoms with van der Waals surface area (Å²) in [5.41, 5.74) is 2.66. The van der Waals surface area contributed by atoms with Gasteiger partial charge in [-0.3, -0.25) is 4.79 Å². The summed E-state index contributed by atoms with van der Waals surface area (Å²) in [6.45, 7) is 0.577. The summed E-state index contributed by atoms with van der Waals surface area (Å²) >= 11 is 0. The Morgan fingerprint density at radius 1 is 1.22 bits per heavy atom. The topological polar surface area (TPSA) is 52.6 Å². The van der Waals surface area contributed by atoms with Crippen molar-refractivity contribution < 1.29 is 14.3 Å². The third-order valence-corrected chi connectivity index (χ3v) is 4.88. The summed E-state index contributed by atoms with van der Waals surface area (Å²) in [7, 11) is 0. The molecule has 1 saturated heterocycles. The van der Waals surface area contributed by atoms with Crippen LogP contribution < -0.4 is 5.32 Å². The van der Waals surface area contributed by atoms with E-state index in [1.807, 2.05) is 24.3 Å². The molecule has 4 rings (SSSR count). The highest BCUT2D eigenvalue weighted by Crippen LogP contribution is 2.46. The minimum absolute atomic E-state index is 0.0135. The maximum absolute atomic E-state index is 13.0. The lowest BCUT2D eigenvalue weighted by atomic mass is 9.72. The molecule has 2 aliphatic rings. The molecular formula is C18H17FN2O2. The van der Waals surface area contributed by atoms with Crippen molar-refractivity contribution in [1.82, 2.24) is 4.90 Å². The Balaban J connectivity index is 1.65. The van der Waals surface area contributed by atoms with E-state index in [2.05, 4.69) is 5.32 Å². The molecule has 0 spiro atoms. The summed E-state index contributed by atoms with van der Waals surface area (Å²) in [5, 5.41) is 13.1. The second-order valence-electron chi connectivity index (χ2n) is 6.03. The lowest BCUT2D eigenvalue weighted by molar-refractivity contribution is -0.0221. The molecule has 118 valence electrons. The summed E-state index contributed by atoms with van der Waals surface area (Å²) < 4.78 is 13.0.